The number of carbonyl (C=O) groups excluding carboxylic acids is 1. The molecule has 142 valence electrons. The molecular weight excluding hydrogens is 366 g/mol. The molecule has 2 aromatic heterocycles. The average molecular weight is 387 g/mol. The molecule has 3 aromatic rings. The van der Waals surface area contributed by atoms with Crippen LogP contribution in [0.2, 0.25) is 0 Å². The van der Waals surface area contributed by atoms with E-state index in [0.717, 1.165) is 10.00 Å². The van der Waals surface area contributed by atoms with Crippen molar-refractivity contribution >= 4 is 21.6 Å². The number of aromatic nitrogens is 3. The zero-order valence-electron chi connectivity index (χ0n) is 15.6. The van der Waals surface area contributed by atoms with Gasteiger partial charge >= 0.3 is 0 Å². The Hall–Kier alpha value is -2.78. The van der Waals surface area contributed by atoms with Crippen molar-refractivity contribution in [3.8, 4) is 0 Å². The molecule has 0 atom stereocenters. The number of benzene rings is 1. The van der Waals surface area contributed by atoms with Crippen LogP contribution < -0.4 is 5.32 Å². The first kappa shape index (κ1) is 19.0. The van der Waals surface area contributed by atoms with Gasteiger partial charge in [-0.2, -0.15) is 5.10 Å². The van der Waals surface area contributed by atoms with Gasteiger partial charge in [0.05, 0.1) is 21.8 Å². The third kappa shape index (κ3) is 3.56. The fourth-order valence-electron chi connectivity index (χ4n) is 2.75. The van der Waals surface area contributed by atoms with Crippen LogP contribution in [0.15, 0.2) is 41.4 Å². The first-order valence-corrected chi connectivity index (χ1v) is 9.76. The maximum Gasteiger partial charge on any atom is 0.254 e. The normalized spacial score (nSPS) is 11.9. The molecule has 9 heteroatoms. The smallest absolute Gasteiger partial charge is 0.254 e. The van der Waals surface area contributed by atoms with Gasteiger partial charge in [-0.15, -0.1) is 0 Å². The van der Waals surface area contributed by atoms with Crippen molar-refractivity contribution in [3.63, 3.8) is 0 Å². The number of hydrogen-bond donors (Lipinski definition) is 1. The molecule has 0 radical (unpaired) electrons. The molecule has 1 aromatic carbocycles. The number of nitrogens with zero attached hydrogens (tertiary/aromatic N) is 4. The topological polar surface area (TPSA) is 96.7 Å². The molecule has 2 heterocycles. The highest BCUT2D eigenvalue weighted by Gasteiger charge is 2.21. The minimum absolute atomic E-state index is 0.0810. The van der Waals surface area contributed by atoms with Crippen molar-refractivity contribution in [2.75, 3.05) is 14.1 Å². The van der Waals surface area contributed by atoms with E-state index in [-0.39, 0.29) is 17.3 Å². The van der Waals surface area contributed by atoms with Crippen molar-refractivity contribution in [2.45, 2.75) is 25.3 Å². The molecule has 0 aliphatic heterocycles. The summed E-state index contributed by atoms with van der Waals surface area (Å²) < 4.78 is 27.7. The Balaban J connectivity index is 1.86. The number of aryl methyl sites for hydroxylation is 2. The SMILES string of the molecule is Cc1cc2ncc(C(=O)NCc3ccccc3S(=O)(=O)N(C)C)c(C)n2n1. The molecule has 1 amide bonds. The molecule has 0 bridgehead atoms. The quantitative estimate of drug-likeness (QED) is 0.716. The molecule has 0 spiro atoms. The van der Waals surface area contributed by atoms with E-state index in [2.05, 4.69) is 15.4 Å². The fraction of sp³-hybridized carbons (Fsp3) is 0.278. The van der Waals surface area contributed by atoms with Crippen LogP contribution in [-0.2, 0) is 16.6 Å². The van der Waals surface area contributed by atoms with Crippen LogP contribution in [0.5, 0.6) is 0 Å². The first-order valence-electron chi connectivity index (χ1n) is 8.32. The Morgan fingerprint density at radius 2 is 1.93 bits per heavy atom. The summed E-state index contributed by atoms with van der Waals surface area (Å²) in [6, 6.07) is 8.44. The Bertz CT molecular complexity index is 1120. The van der Waals surface area contributed by atoms with Gasteiger partial charge in [0, 0.05) is 32.9 Å². The molecule has 0 unspecified atom stereocenters. The summed E-state index contributed by atoms with van der Waals surface area (Å²) in [4.78, 5) is 17.1. The summed E-state index contributed by atoms with van der Waals surface area (Å²) in [5.74, 6) is -0.341. The summed E-state index contributed by atoms with van der Waals surface area (Å²) >= 11 is 0. The highest BCUT2D eigenvalue weighted by atomic mass is 32.2. The lowest BCUT2D eigenvalue weighted by Gasteiger charge is -2.15. The van der Waals surface area contributed by atoms with Gasteiger partial charge in [-0.1, -0.05) is 18.2 Å². The third-order valence-electron chi connectivity index (χ3n) is 4.26. The largest absolute Gasteiger partial charge is 0.348 e. The van der Waals surface area contributed by atoms with Crippen LogP contribution >= 0.6 is 0 Å². The van der Waals surface area contributed by atoms with E-state index in [9.17, 15) is 13.2 Å². The average Bonchev–Trinajstić information content (AvgIpc) is 3.01. The van der Waals surface area contributed by atoms with Crippen molar-refractivity contribution < 1.29 is 13.2 Å². The molecule has 8 nitrogen and oxygen atoms in total. The van der Waals surface area contributed by atoms with Gasteiger partial charge in [-0.25, -0.2) is 22.2 Å². The highest BCUT2D eigenvalue weighted by Crippen LogP contribution is 2.18. The monoisotopic (exact) mass is 387 g/mol. The predicted octanol–water partition coefficient (Wildman–Crippen LogP) is 1.53. The van der Waals surface area contributed by atoms with E-state index in [0.29, 0.717) is 22.5 Å². The molecule has 3 rings (SSSR count). The second-order valence-corrected chi connectivity index (χ2v) is 8.51. The van der Waals surface area contributed by atoms with Gasteiger partial charge in [0.1, 0.15) is 0 Å². The molecule has 27 heavy (non-hydrogen) atoms. The second kappa shape index (κ2) is 7.09. The Morgan fingerprint density at radius 1 is 1.22 bits per heavy atom. The van der Waals surface area contributed by atoms with Crippen LogP contribution in [0.1, 0.15) is 27.3 Å². The number of fused-ring (bicyclic) bond motifs is 1. The molecule has 0 saturated heterocycles. The van der Waals surface area contributed by atoms with Crippen LogP contribution in [0.3, 0.4) is 0 Å². The summed E-state index contributed by atoms with van der Waals surface area (Å²) in [7, 11) is -0.652. The standard InChI is InChI=1S/C18H21N5O3S/c1-12-9-17-19-11-15(13(2)23(17)21-12)18(24)20-10-14-7-5-6-8-16(14)27(25,26)22(3)4/h5-9,11H,10H2,1-4H3,(H,20,24). The van der Waals surface area contributed by atoms with E-state index in [1.165, 1.54) is 26.4 Å². The summed E-state index contributed by atoms with van der Waals surface area (Å²) in [6.45, 7) is 3.73. The molecule has 0 aliphatic rings. The lowest BCUT2D eigenvalue weighted by atomic mass is 10.2. The van der Waals surface area contributed by atoms with Gasteiger partial charge in [-0.05, 0) is 25.5 Å². The van der Waals surface area contributed by atoms with Crippen molar-refractivity contribution in [2.24, 2.45) is 0 Å². The van der Waals surface area contributed by atoms with E-state index in [1.807, 2.05) is 13.0 Å². The zero-order chi connectivity index (χ0) is 19.8. The van der Waals surface area contributed by atoms with E-state index in [4.69, 9.17) is 0 Å². The summed E-state index contributed by atoms with van der Waals surface area (Å²) in [6.07, 6.45) is 1.50. The lowest BCUT2D eigenvalue weighted by molar-refractivity contribution is 0.0949. The van der Waals surface area contributed by atoms with Crippen LogP contribution in [-0.4, -0.2) is 47.3 Å². The third-order valence-corrected chi connectivity index (χ3v) is 6.18. The maximum absolute atomic E-state index is 12.6. The van der Waals surface area contributed by atoms with Crippen molar-refractivity contribution in [1.82, 2.24) is 24.2 Å². The van der Waals surface area contributed by atoms with E-state index >= 15 is 0 Å². The molecule has 1 N–H and O–H groups in total. The number of amides is 1. The Morgan fingerprint density at radius 3 is 2.63 bits per heavy atom. The van der Waals surface area contributed by atoms with Crippen LogP contribution in [0, 0.1) is 13.8 Å². The van der Waals surface area contributed by atoms with Crippen molar-refractivity contribution in [3.05, 3.63) is 59.0 Å². The number of hydrogen-bond acceptors (Lipinski definition) is 5. The Labute approximate surface area is 157 Å². The number of rotatable bonds is 5. The van der Waals surface area contributed by atoms with Crippen LogP contribution in [0.25, 0.3) is 5.65 Å². The molecular formula is C18H21N5O3S. The summed E-state index contributed by atoms with van der Waals surface area (Å²) in [5.41, 5.74) is 3.05. The second-order valence-electron chi connectivity index (χ2n) is 6.39. The predicted molar refractivity (Wildman–Crippen MR) is 101 cm³/mol. The van der Waals surface area contributed by atoms with Gasteiger partial charge < -0.3 is 5.32 Å². The minimum Gasteiger partial charge on any atom is -0.348 e. The number of nitrogens with one attached hydrogen (secondary N) is 1. The summed E-state index contributed by atoms with van der Waals surface area (Å²) in [5, 5.41) is 7.11. The highest BCUT2D eigenvalue weighted by molar-refractivity contribution is 7.89. The minimum atomic E-state index is -3.60. The van der Waals surface area contributed by atoms with Crippen molar-refractivity contribution in [1.29, 1.82) is 0 Å². The first-order chi connectivity index (χ1) is 12.7. The Kier molecular flexibility index (Phi) is 4.99. The lowest BCUT2D eigenvalue weighted by Crippen LogP contribution is -2.27. The zero-order valence-corrected chi connectivity index (χ0v) is 16.4. The molecule has 0 fully saturated rings. The number of sulfonamides is 1. The van der Waals surface area contributed by atoms with Gasteiger partial charge in [0.2, 0.25) is 10.0 Å². The van der Waals surface area contributed by atoms with Gasteiger partial charge in [0.15, 0.2) is 5.65 Å². The number of carbonyl (C=O) groups is 1. The fourth-order valence-corrected chi connectivity index (χ4v) is 3.87. The molecule has 0 aliphatic carbocycles. The van der Waals surface area contributed by atoms with Gasteiger partial charge in [0.25, 0.3) is 5.91 Å². The van der Waals surface area contributed by atoms with E-state index < -0.39 is 10.0 Å². The maximum atomic E-state index is 12.6. The molecule has 0 saturated carbocycles. The van der Waals surface area contributed by atoms with Crippen LogP contribution in [0.4, 0.5) is 0 Å². The van der Waals surface area contributed by atoms with E-state index in [1.54, 1.807) is 29.6 Å². The van der Waals surface area contributed by atoms with Gasteiger partial charge in [-0.3, -0.25) is 4.79 Å².